The van der Waals surface area contributed by atoms with Gasteiger partial charge in [0.1, 0.15) is 0 Å². The Labute approximate surface area is 86.4 Å². The predicted molar refractivity (Wildman–Crippen MR) is 58.4 cm³/mol. The SMILES string of the molecule is CCCN(CC)CC=C(CC)C(=O)O. The Kier molecular flexibility index (Phi) is 7.11. The van der Waals surface area contributed by atoms with Crippen molar-refractivity contribution in [1.29, 1.82) is 0 Å². The van der Waals surface area contributed by atoms with Crippen LogP contribution in [0, 0.1) is 0 Å². The van der Waals surface area contributed by atoms with Gasteiger partial charge in [-0.3, -0.25) is 4.90 Å². The van der Waals surface area contributed by atoms with Gasteiger partial charge in [0.15, 0.2) is 0 Å². The van der Waals surface area contributed by atoms with E-state index in [1.807, 2.05) is 13.0 Å². The van der Waals surface area contributed by atoms with E-state index in [1.165, 1.54) is 0 Å². The van der Waals surface area contributed by atoms with Gasteiger partial charge in [-0.1, -0.05) is 26.8 Å². The van der Waals surface area contributed by atoms with E-state index < -0.39 is 5.97 Å². The van der Waals surface area contributed by atoms with Crippen LogP contribution in [0.3, 0.4) is 0 Å². The number of hydrogen-bond acceptors (Lipinski definition) is 2. The van der Waals surface area contributed by atoms with Crippen molar-refractivity contribution in [2.45, 2.75) is 33.6 Å². The lowest BCUT2D eigenvalue weighted by atomic mass is 10.2. The molecule has 0 spiro atoms. The Hall–Kier alpha value is -0.830. The van der Waals surface area contributed by atoms with Crippen LogP contribution in [-0.2, 0) is 4.79 Å². The number of aliphatic carboxylic acids is 1. The van der Waals surface area contributed by atoms with Gasteiger partial charge in [-0.25, -0.2) is 4.79 Å². The molecule has 0 rings (SSSR count). The molecule has 0 atom stereocenters. The third kappa shape index (κ3) is 5.02. The third-order valence-corrected chi connectivity index (χ3v) is 2.24. The van der Waals surface area contributed by atoms with E-state index in [2.05, 4.69) is 18.7 Å². The van der Waals surface area contributed by atoms with Gasteiger partial charge in [0, 0.05) is 12.1 Å². The average Bonchev–Trinajstić information content (AvgIpc) is 2.16. The molecule has 0 fully saturated rings. The second-order valence-corrected chi connectivity index (χ2v) is 3.28. The fraction of sp³-hybridized carbons (Fsp3) is 0.727. The van der Waals surface area contributed by atoms with Crippen LogP contribution >= 0.6 is 0 Å². The summed E-state index contributed by atoms with van der Waals surface area (Å²) in [4.78, 5) is 12.9. The van der Waals surface area contributed by atoms with Crippen LogP contribution in [0.15, 0.2) is 11.6 Å². The maximum atomic E-state index is 10.7. The first-order chi connectivity index (χ1) is 6.65. The number of rotatable bonds is 7. The summed E-state index contributed by atoms with van der Waals surface area (Å²) in [6.45, 7) is 8.85. The number of nitrogens with zero attached hydrogens (tertiary/aromatic N) is 1. The summed E-state index contributed by atoms with van der Waals surface area (Å²) >= 11 is 0. The first-order valence-electron chi connectivity index (χ1n) is 5.30. The van der Waals surface area contributed by atoms with Crippen molar-refractivity contribution in [3.8, 4) is 0 Å². The summed E-state index contributed by atoms with van der Waals surface area (Å²) in [6.07, 6.45) is 3.52. The van der Waals surface area contributed by atoms with E-state index in [-0.39, 0.29) is 0 Å². The summed E-state index contributed by atoms with van der Waals surface area (Å²) in [5, 5.41) is 8.80. The van der Waals surface area contributed by atoms with Crippen molar-refractivity contribution >= 4 is 5.97 Å². The van der Waals surface area contributed by atoms with Crippen LogP contribution < -0.4 is 0 Å². The van der Waals surface area contributed by atoms with Crippen LogP contribution in [0.2, 0.25) is 0 Å². The number of carbonyl (C=O) groups is 1. The second-order valence-electron chi connectivity index (χ2n) is 3.28. The molecule has 14 heavy (non-hydrogen) atoms. The summed E-state index contributed by atoms with van der Waals surface area (Å²) < 4.78 is 0. The number of likely N-dealkylation sites (N-methyl/N-ethyl adjacent to an activating group) is 1. The minimum atomic E-state index is -0.792. The van der Waals surface area contributed by atoms with Crippen molar-refractivity contribution < 1.29 is 9.90 Å². The quantitative estimate of drug-likeness (QED) is 0.639. The standard InChI is InChI=1S/C11H21NO2/c1-4-8-12(6-3)9-7-10(5-2)11(13)14/h7H,4-6,8-9H2,1-3H3,(H,13,14). The Balaban J connectivity index is 4.13. The highest BCUT2D eigenvalue weighted by molar-refractivity contribution is 5.86. The Morgan fingerprint density at radius 2 is 2.00 bits per heavy atom. The highest BCUT2D eigenvalue weighted by Crippen LogP contribution is 2.01. The highest BCUT2D eigenvalue weighted by atomic mass is 16.4. The summed E-state index contributed by atoms with van der Waals surface area (Å²) in [5.41, 5.74) is 0.513. The molecule has 0 saturated heterocycles. The lowest BCUT2D eigenvalue weighted by molar-refractivity contribution is -0.132. The molecular weight excluding hydrogens is 178 g/mol. The monoisotopic (exact) mass is 199 g/mol. The fourth-order valence-corrected chi connectivity index (χ4v) is 1.32. The molecule has 82 valence electrons. The van der Waals surface area contributed by atoms with Gasteiger partial charge in [-0.15, -0.1) is 0 Å². The minimum absolute atomic E-state index is 0.513. The molecule has 0 amide bonds. The third-order valence-electron chi connectivity index (χ3n) is 2.24. The molecule has 0 aliphatic rings. The minimum Gasteiger partial charge on any atom is -0.478 e. The van der Waals surface area contributed by atoms with Crippen molar-refractivity contribution in [1.82, 2.24) is 4.90 Å². The maximum Gasteiger partial charge on any atom is 0.331 e. The lowest BCUT2D eigenvalue weighted by Gasteiger charge is -2.17. The number of carboxylic acids is 1. The van der Waals surface area contributed by atoms with Gasteiger partial charge in [0.25, 0.3) is 0 Å². The molecule has 0 aromatic carbocycles. The van der Waals surface area contributed by atoms with Gasteiger partial charge < -0.3 is 5.11 Å². The van der Waals surface area contributed by atoms with E-state index in [9.17, 15) is 4.79 Å². The van der Waals surface area contributed by atoms with Crippen molar-refractivity contribution in [2.75, 3.05) is 19.6 Å². The highest BCUT2D eigenvalue weighted by Gasteiger charge is 2.04. The zero-order valence-electron chi connectivity index (χ0n) is 9.42. The van der Waals surface area contributed by atoms with Gasteiger partial charge in [0.05, 0.1) is 0 Å². The van der Waals surface area contributed by atoms with Crippen LogP contribution in [0.4, 0.5) is 0 Å². The lowest BCUT2D eigenvalue weighted by Crippen LogP contribution is -2.24. The van der Waals surface area contributed by atoms with Gasteiger partial charge >= 0.3 is 5.97 Å². The normalized spacial score (nSPS) is 12.1. The average molecular weight is 199 g/mol. The van der Waals surface area contributed by atoms with Crippen LogP contribution in [0.25, 0.3) is 0 Å². The Morgan fingerprint density at radius 3 is 2.36 bits per heavy atom. The molecule has 0 heterocycles. The van der Waals surface area contributed by atoms with Gasteiger partial charge in [-0.2, -0.15) is 0 Å². The zero-order chi connectivity index (χ0) is 11.0. The van der Waals surface area contributed by atoms with Crippen molar-refractivity contribution in [2.24, 2.45) is 0 Å². The summed E-state index contributed by atoms with van der Waals surface area (Å²) in [5.74, 6) is -0.792. The molecule has 0 aromatic rings. The second kappa shape index (κ2) is 7.56. The van der Waals surface area contributed by atoms with E-state index in [0.717, 1.165) is 26.1 Å². The van der Waals surface area contributed by atoms with E-state index in [1.54, 1.807) is 0 Å². The van der Waals surface area contributed by atoms with E-state index >= 15 is 0 Å². The largest absolute Gasteiger partial charge is 0.478 e. The first kappa shape index (κ1) is 13.2. The zero-order valence-corrected chi connectivity index (χ0v) is 9.42. The molecule has 3 nitrogen and oxygen atoms in total. The van der Waals surface area contributed by atoms with Gasteiger partial charge in [-0.05, 0) is 25.9 Å². The smallest absolute Gasteiger partial charge is 0.331 e. The molecule has 0 saturated carbocycles. The molecule has 0 unspecified atom stereocenters. The topological polar surface area (TPSA) is 40.5 Å². The van der Waals surface area contributed by atoms with Crippen LogP contribution in [0.5, 0.6) is 0 Å². The van der Waals surface area contributed by atoms with Crippen LogP contribution in [-0.4, -0.2) is 35.6 Å². The molecule has 1 N–H and O–H groups in total. The summed E-state index contributed by atoms with van der Waals surface area (Å²) in [7, 11) is 0. The molecular formula is C11H21NO2. The molecule has 3 heteroatoms. The molecule has 0 radical (unpaired) electrons. The van der Waals surface area contributed by atoms with Crippen molar-refractivity contribution in [3.63, 3.8) is 0 Å². The number of carboxylic acid groups (broad SMARTS) is 1. The Bertz CT molecular complexity index is 199. The Morgan fingerprint density at radius 1 is 1.36 bits per heavy atom. The number of hydrogen-bond donors (Lipinski definition) is 1. The maximum absolute atomic E-state index is 10.7. The molecule has 0 aliphatic carbocycles. The first-order valence-corrected chi connectivity index (χ1v) is 5.30. The van der Waals surface area contributed by atoms with Gasteiger partial charge in [0.2, 0.25) is 0 Å². The summed E-state index contributed by atoms with van der Waals surface area (Å²) in [6, 6.07) is 0. The predicted octanol–water partition coefficient (Wildman–Crippen LogP) is 2.14. The van der Waals surface area contributed by atoms with Crippen molar-refractivity contribution in [3.05, 3.63) is 11.6 Å². The molecule has 0 bridgehead atoms. The fourth-order valence-electron chi connectivity index (χ4n) is 1.32. The van der Waals surface area contributed by atoms with E-state index in [4.69, 9.17) is 5.11 Å². The molecule has 0 aliphatic heterocycles. The van der Waals surface area contributed by atoms with Crippen LogP contribution in [0.1, 0.15) is 33.6 Å². The molecule has 0 aromatic heterocycles. The van der Waals surface area contributed by atoms with E-state index in [0.29, 0.717) is 12.0 Å².